The first kappa shape index (κ1) is 16.6. The largest absolute Gasteiger partial charge is 0.389 e. The average molecular weight is 285 g/mol. The van der Waals surface area contributed by atoms with Gasteiger partial charge in [0.05, 0.1) is 12.7 Å². The van der Waals surface area contributed by atoms with Crippen LogP contribution < -0.4 is 5.32 Å². The lowest BCUT2D eigenvalue weighted by molar-refractivity contribution is 0.0356. The predicted octanol–water partition coefficient (Wildman–Crippen LogP) is 2.84. The van der Waals surface area contributed by atoms with Gasteiger partial charge in [0.1, 0.15) is 0 Å². The van der Waals surface area contributed by atoms with Gasteiger partial charge in [0.25, 0.3) is 0 Å². The quantitative estimate of drug-likeness (QED) is 0.580. The number of aliphatic hydroxyl groups excluding tert-OH is 1. The third-order valence-corrected chi connectivity index (χ3v) is 3.74. The summed E-state index contributed by atoms with van der Waals surface area (Å²) in [5.74, 6) is 0. The van der Waals surface area contributed by atoms with Crippen molar-refractivity contribution in [3.8, 4) is 0 Å². The van der Waals surface area contributed by atoms with E-state index in [4.69, 9.17) is 4.74 Å². The van der Waals surface area contributed by atoms with Crippen molar-refractivity contribution in [1.29, 1.82) is 0 Å². The molecule has 0 aliphatic heterocycles. The molecule has 0 fully saturated rings. The zero-order valence-corrected chi connectivity index (χ0v) is 12.8. The normalized spacial score (nSPS) is 12.7. The lowest BCUT2D eigenvalue weighted by atomic mass is 10.2. The minimum absolute atomic E-state index is 0.395. The van der Waals surface area contributed by atoms with Crippen molar-refractivity contribution in [3.63, 3.8) is 0 Å². The summed E-state index contributed by atoms with van der Waals surface area (Å²) < 4.78 is 5.46. The Bertz CT molecular complexity index is 290. The van der Waals surface area contributed by atoms with E-state index >= 15 is 0 Å². The van der Waals surface area contributed by atoms with Crippen molar-refractivity contribution >= 4 is 11.3 Å². The van der Waals surface area contributed by atoms with Crippen molar-refractivity contribution in [2.45, 2.75) is 45.1 Å². The SMILES string of the molecule is CCCCCCOCC(O)CNCCc1ccsc1. The maximum Gasteiger partial charge on any atom is 0.0897 e. The second kappa shape index (κ2) is 11.4. The van der Waals surface area contributed by atoms with Gasteiger partial charge in [-0.2, -0.15) is 11.3 Å². The van der Waals surface area contributed by atoms with E-state index in [0.29, 0.717) is 13.2 Å². The summed E-state index contributed by atoms with van der Waals surface area (Å²) in [6.07, 6.45) is 5.48. The Kier molecular flexibility index (Phi) is 9.99. The molecule has 0 bridgehead atoms. The van der Waals surface area contributed by atoms with E-state index < -0.39 is 6.10 Å². The van der Waals surface area contributed by atoms with Crippen LogP contribution in [-0.4, -0.2) is 37.5 Å². The first-order valence-corrected chi connectivity index (χ1v) is 8.24. The second-order valence-electron chi connectivity index (χ2n) is 4.88. The second-order valence-corrected chi connectivity index (χ2v) is 5.66. The van der Waals surface area contributed by atoms with Gasteiger partial charge >= 0.3 is 0 Å². The van der Waals surface area contributed by atoms with E-state index in [0.717, 1.165) is 26.0 Å². The number of hydrogen-bond acceptors (Lipinski definition) is 4. The van der Waals surface area contributed by atoms with Crippen LogP contribution in [0.15, 0.2) is 16.8 Å². The molecular formula is C15H27NO2S. The molecule has 19 heavy (non-hydrogen) atoms. The van der Waals surface area contributed by atoms with E-state index in [1.165, 1.54) is 24.8 Å². The molecule has 0 amide bonds. The zero-order chi connectivity index (χ0) is 13.8. The highest BCUT2D eigenvalue weighted by Crippen LogP contribution is 2.05. The molecule has 2 N–H and O–H groups in total. The van der Waals surface area contributed by atoms with Crippen LogP contribution in [0.3, 0.4) is 0 Å². The number of aliphatic hydroxyl groups is 1. The van der Waals surface area contributed by atoms with Gasteiger partial charge in [0.2, 0.25) is 0 Å². The number of unbranched alkanes of at least 4 members (excludes halogenated alkanes) is 3. The molecule has 0 saturated heterocycles. The van der Waals surface area contributed by atoms with Gasteiger partial charge in [-0.3, -0.25) is 0 Å². The van der Waals surface area contributed by atoms with Gasteiger partial charge in [-0.25, -0.2) is 0 Å². The summed E-state index contributed by atoms with van der Waals surface area (Å²) in [6, 6.07) is 2.14. The Hall–Kier alpha value is -0.420. The Morgan fingerprint density at radius 1 is 1.37 bits per heavy atom. The van der Waals surface area contributed by atoms with E-state index in [2.05, 4.69) is 29.1 Å². The Balaban J connectivity index is 1.86. The molecular weight excluding hydrogens is 258 g/mol. The summed E-state index contributed by atoms with van der Waals surface area (Å²) in [4.78, 5) is 0. The lowest BCUT2D eigenvalue weighted by Gasteiger charge is -2.12. The van der Waals surface area contributed by atoms with E-state index in [1.54, 1.807) is 11.3 Å². The molecule has 0 aliphatic carbocycles. The van der Waals surface area contributed by atoms with Gasteiger partial charge in [-0.05, 0) is 41.8 Å². The molecule has 1 aromatic rings. The molecule has 1 unspecified atom stereocenters. The smallest absolute Gasteiger partial charge is 0.0897 e. The van der Waals surface area contributed by atoms with E-state index in [-0.39, 0.29) is 0 Å². The van der Waals surface area contributed by atoms with Gasteiger partial charge < -0.3 is 15.2 Å². The fourth-order valence-corrected chi connectivity index (χ4v) is 2.55. The molecule has 0 aliphatic rings. The third kappa shape index (κ3) is 9.16. The Morgan fingerprint density at radius 2 is 2.26 bits per heavy atom. The van der Waals surface area contributed by atoms with Crippen LogP contribution in [0.2, 0.25) is 0 Å². The standard InChI is InChI=1S/C15H27NO2S/c1-2-3-4-5-9-18-12-15(17)11-16-8-6-14-7-10-19-13-14/h7,10,13,15-17H,2-6,8-9,11-12H2,1H3. The van der Waals surface area contributed by atoms with Crippen LogP contribution >= 0.6 is 11.3 Å². The highest BCUT2D eigenvalue weighted by molar-refractivity contribution is 7.07. The van der Waals surface area contributed by atoms with Crippen LogP contribution in [0.1, 0.15) is 38.2 Å². The minimum atomic E-state index is -0.395. The van der Waals surface area contributed by atoms with Gasteiger partial charge in [0.15, 0.2) is 0 Å². The molecule has 0 radical (unpaired) electrons. The topological polar surface area (TPSA) is 41.5 Å². The molecule has 1 heterocycles. The molecule has 3 nitrogen and oxygen atoms in total. The van der Waals surface area contributed by atoms with Crippen molar-refractivity contribution in [3.05, 3.63) is 22.4 Å². The summed E-state index contributed by atoms with van der Waals surface area (Å²) >= 11 is 1.73. The van der Waals surface area contributed by atoms with Crippen LogP contribution in [0, 0.1) is 0 Å². The van der Waals surface area contributed by atoms with Crippen LogP contribution in [0.25, 0.3) is 0 Å². The number of nitrogens with one attached hydrogen (secondary N) is 1. The highest BCUT2D eigenvalue weighted by atomic mass is 32.1. The molecule has 1 aromatic heterocycles. The lowest BCUT2D eigenvalue weighted by Crippen LogP contribution is -2.31. The monoisotopic (exact) mass is 285 g/mol. The number of thiophene rings is 1. The van der Waals surface area contributed by atoms with Crippen LogP contribution in [0.5, 0.6) is 0 Å². The number of hydrogen-bond donors (Lipinski definition) is 2. The summed E-state index contributed by atoms with van der Waals surface area (Å²) in [5.41, 5.74) is 1.36. The first-order chi connectivity index (χ1) is 9.33. The van der Waals surface area contributed by atoms with Gasteiger partial charge in [-0.15, -0.1) is 0 Å². The molecule has 4 heteroatoms. The average Bonchev–Trinajstić information content (AvgIpc) is 2.92. The maximum atomic E-state index is 9.72. The summed E-state index contributed by atoms with van der Waals surface area (Å²) in [5, 5.41) is 17.2. The molecule has 0 spiro atoms. The Morgan fingerprint density at radius 3 is 3.00 bits per heavy atom. The predicted molar refractivity (Wildman–Crippen MR) is 81.9 cm³/mol. The van der Waals surface area contributed by atoms with Gasteiger partial charge in [0, 0.05) is 13.2 Å². The fourth-order valence-electron chi connectivity index (χ4n) is 1.85. The summed E-state index contributed by atoms with van der Waals surface area (Å²) in [7, 11) is 0. The third-order valence-electron chi connectivity index (χ3n) is 3.00. The fraction of sp³-hybridized carbons (Fsp3) is 0.733. The van der Waals surface area contributed by atoms with Crippen molar-refractivity contribution in [1.82, 2.24) is 5.32 Å². The van der Waals surface area contributed by atoms with Crippen LogP contribution in [-0.2, 0) is 11.2 Å². The zero-order valence-electron chi connectivity index (χ0n) is 11.9. The molecule has 0 aromatic carbocycles. The van der Waals surface area contributed by atoms with Gasteiger partial charge in [-0.1, -0.05) is 26.2 Å². The number of ether oxygens (including phenoxy) is 1. The van der Waals surface area contributed by atoms with Crippen molar-refractivity contribution < 1.29 is 9.84 Å². The molecule has 1 rings (SSSR count). The molecule has 0 saturated carbocycles. The van der Waals surface area contributed by atoms with Crippen LogP contribution in [0.4, 0.5) is 0 Å². The first-order valence-electron chi connectivity index (χ1n) is 7.30. The summed E-state index contributed by atoms with van der Waals surface area (Å²) in [6.45, 7) is 4.93. The maximum absolute atomic E-state index is 9.72. The highest BCUT2D eigenvalue weighted by Gasteiger charge is 2.03. The van der Waals surface area contributed by atoms with E-state index in [9.17, 15) is 5.11 Å². The molecule has 1 atom stereocenters. The number of rotatable bonds is 12. The molecule has 110 valence electrons. The Labute approximate surface area is 121 Å². The van der Waals surface area contributed by atoms with Crippen molar-refractivity contribution in [2.24, 2.45) is 0 Å². The van der Waals surface area contributed by atoms with E-state index in [1.807, 2.05) is 0 Å². The minimum Gasteiger partial charge on any atom is -0.389 e. The van der Waals surface area contributed by atoms with Crippen molar-refractivity contribution in [2.75, 3.05) is 26.3 Å².